The molecule has 5 heteroatoms. The average molecular weight is 477 g/mol. The molecule has 2 heterocycles. The first kappa shape index (κ1) is 24.1. The molecule has 3 unspecified atom stereocenters. The van der Waals surface area contributed by atoms with Crippen LogP contribution in [0.4, 0.5) is 4.39 Å². The Hall–Kier alpha value is -2.66. The predicted octanol–water partition coefficient (Wildman–Crippen LogP) is 7.21. The van der Waals surface area contributed by atoms with Crippen molar-refractivity contribution in [2.24, 2.45) is 11.8 Å². The summed E-state index contributed by atoms with van der Waals surface area (Å²) in [5.74, 6) is 3.59. The van der Waals surface area contributed by atoms with Gasteiger partial charge < -0.3 is 9.15 Å². The van der Waals surface area contributed by atoms with Crippen molar-refractivity contribution in [3.05, 3.63) is 83.8 Å². The highest BCUT2D eigenvalue weighted by molar-refractivity contribution is 5.26. The van der Waals surface area contributed by atoms with Gasteiger partial charge >= 0.3 is 0 Å². The highest BCUT2D eigenvalue weighted by Gasteiger charge is 2.32. The van der Waals surface area contributed by atoms with Gasteiger partial charge in [-0.05, 0) is 73.9 Å². The van der Waals surface area contributed by atoms with Crippen LogP contribution in [0.25, 0.3) is 0 Å². The topological polar surface area (TPSA) is 38.5 Å². The molecule has 5 rings (SSSR count). The normalized spacial score (nSPS) is 22.7. The van der Waals surface area contributed by atoms with Crippen LogP contribution in [0.2, 0.25) is 0 Å². The summed E-state index contributed by atoms with van der Waals surface area (Å²) in [5, 5.41) is 0. The van der Waals surface area contributed by atoms with E-state index in [0.29, 0.717) is 11.8 Å². The molecule has 1 aromatic heterocycles. The summed E-state index contributed by atoms with van der Waals surface area (Å²) < 4.78 is 26.1. The molecule has 1 saturated heterocycles. The Morgan fingerprint density at radius 1 is 1.03 bits per heavy atom. The molecule has 4 nitrogen and oxygen atoms in total. The summed E-state index contributed by atoms with van der Waals surface area (Å²) in [6, 6.07) is 17.1. The number of hydrogen-bond donors (Lipinski definition) is 0. The van der Waals surface area contributed by atoms with E-state index in [1.807, 2.05) is 6.20 Å². The second-order valence-corrected chi connectivity index (χ2v) is 10.3. The van der Waals surface area contributed by atoms with E-state index in [2.05, 4.69) is 42.2 Å². The van der Waals surface area contributed by atoms with E-state index in [4.69, 9.17) is 14.1 Å². The molecule has 1 aliphatic heterocycles. The molecule has 0 spiro atoms. The zero-order valence-electron chi connectivity index (χ0n) is 20.7. The fourth-order valence-corrected chi connectivity index (χ4v) is 5.97. The van der Waals surface area contributed by atoms with Crippen LogP contribution in [0, 0.1) is 17.7 Å². The van der Waals surface area contributed by atoms with Crippen molar-refractivity contribution in [1.29, 1.82) is 0 Å². The number of aromatic nitrogens is 1. The first-order chi connectivity index (χ1) is 17.2. The molecule has 0 bridgehead atoms. The Kier molecular flexibility index (Phi) is 7.82. The Balaban J connectivity index is 1.28. The van der Waals surface area contributed by atoms with E-state index in [1.165, 1.54) is 49.8 Å². The molecular weight excluding hydrogens is 439 g/mol. The minimum absolute atomic E-state index is 0.0842. The number of hydrogen-bond acceptors (Lipinski definition) is 4. The lowest BCUT2D eigenvalue weighted by atomic mass is 9.77. The lowest BCUT2D eigenvalue weighted by Crippen LogP contribution is -2.46. The third-order valence-electron chi connectivity index (χ3n) is 7.90. The van der Waals surface area contributed by atoms with Crippen molar-refractivity contribution in [2.75, 3.05) is 13.1 Å². The van der Waals surface area contributed by atoms with Gasteiger partial charge in [-0.25, -0.2) is 9.37 Å². The summed E-state index contributed by atoms with van der Waals surface area (Å²) in [4.78, 5) is 7.21. The number of likely N-dealkylation sites (tertiary alicyclic amines) is 1. The van der Waals surface area contributed by atoms with Crippen LogP contribution in [0.15, 0.2) is 65.2 Å². The number of oxazole rings is 1. The third-order valence-corrected chi connectivity index (χ3v) is 7.90. The number of ether oxygens (including phenoxy) is 1. The quantitative estimate of drug-likeness (QED) is 0.344. The Labute approximate surface area is 208 Å². The molecule has 35 heavy (non-hydrogen) atoms. The minimum Gasteiger partial charge on any atom is -0.489 e. The second-order valence-electron chi connectivity index (χ2n) is 10.3. The van der Waals surface area contributed by atoms with Gasteiger partial charge in [0, 0.05) is 6.54 Å². The SMILES string of the molecule is CCC1CCN(Cc2cnc(C(c3ccccc3)C3CCCCC3)o2)CC1Oc1ccc(F)cc1. The van der Waals surface area contributed by atoms with Crippen LogP contribution in [-0.4, -0.2) is 29.1 Å². The maximum Gasteiger partial charge on any atom is 0.202 e. The molecule has 2 fully saturated rings. The molecular formula is C30H37FN2O2. The van der Waals surface area contributed by atoms with E-state index in [-0.39, 0.29) is 17.8 Å². The van der Waals surface area contributed by atoms with E-state index in [9.17, 15) is 4.39 Å². The van der Waals surface area contributed by atoms with Crippen LogP contribution >= 0.6 is 0 Å². The van der Waals surface area contributed by atoms with Gasteiger partial charge in [0.15, 0.2) is 0 Å². The largest absolute Gasteiger partial charge is 0.489 e. The lowest BCUT2D eigenvalue weighted by molar-refractivity contribution is 0.0313. The standard InChI is InChI=1S/C30H37FN2O2/c1-2-22-17-18-33(21-28(22)34-26-15-13-25(31)14-16-26)20-27-19-32-30(35-27)29(23-9-5-3-6-10-23)24-11-7-4-8-12-24/h3,5-6,9-10,13-16,19,22,24,28-29H,2,4,7-8,11-12,17-18,20-21H2,1H3. The van der Waals surface area contributed by atoms with Crippen LogP contribution in [0.1, 0.15) is 75.0 Å². The summed E-state index contributed by atoms with van der Waals surface area (Å²) >= 11 is 0. The Bertz CT molecular complexity index is 1050. The predicted molar refractivity (Wildman–Crippen MR) is 136 cm³/mol. The van der Waals surface area contributed by atoms with E-state index in [0.717, 1.165) is 49.9 Å². The van der Waals surface area contributed by atoms with Crippen molar-refractivity contribution in [1.82, 2.24) is 9.88 Å². The van der Waals surface area contributed by atoms with E-state index >= 15 is 0 Å². The molecule has 3 aromatic rings. The van der Waals surface area contributed by atoms with Crippen molar-refractivity contribution >= 4 is 0 Å². The van der Waals surface area contributed by atoms with E-state index < -0.39 is 0 Å². The first-order valence-corrected chi connectivity index (χ1v) is 13.3. The van der Waals surface area contributed by atoms with Gasteiger partial charge in [-0.15, -0.1) is 0 Å². The molecule has 0 radical (unpaired) electrons. The first-order valence-electron chi connectivity index (χ1n) is 13.3. The Morgan fingerprint density at radius 2 is 1.80 bits per heavy atom. The van der Waals surface area contributed by atoms with Crippen LogP contribution < -0.4 is 4.74 Å². The van der Waals surface area contributed by atoms with Gasteiger partial charge in [-0.1, -0.05) is 56.5 Å². The maximum atomic E-state index is 13.3. The number of piperidine rings is 1. The fraction of sp³-hybridized carbons (Fsp3) is 0.500. The van der Waals surface area contributed by atoms with Gasteiger partial charge in [0.2, 0.25) is 5.89 Å². The van der Waals surface area contributed by atoms with Crippen LogP contribution in [-0.2, 0) is 6.54 Å². The highest BCUT2D eigenvalue weighted by Crippen LogP contribution is 2.40. The monoisotopic (exact) mass is 476 g/mol. The summed E-state index contributed by atoms with van der Waals surface area (Å²) in [6.45, 7) is 4.80. The smallest absolute Gasteiger partial charge is 0.202 e. The van der Waals surface area contributed by atoms with Gasteiger partial charge in [-0.3, -0.25) is 4.90 Å². The van der Waals surface area contributed by atoms with Gasteiger partial charge in [0.1, 0.15) is 23.4 Å². The molecule has 0 N–H and O–H groups in total. The number of halogens is 1. The van der Waals surface area contributed by atoms with Crippen LogP contribution in [0.3, 0.4) is 0 Å². The summed E-state index contributed by atoms with van der Waals surface area (Å²) in [5.41, 5.74) is 1.31. The van der Waals surface area contributed by atoms with E-state index in [1.54, 1.807) is 12.1 Å². The zero-order chi connectivity index (χ0) is 24.0. The van der Waals surface area contributed by atoms with Crippen molar-refractivity contribution in [3.63, 3.8) is 0 Å². The van der Waals surface area contributed by atoms with Crippen molar-refractivity contribution < 1.29 is 13.5 Å². The molecule has 1 saturated carbocycles. The number of nitrogens with zero attached hydrogens (tertiary/aromatic N) is 2. The van der Waals surface area contributed by atoms with Crippen LogP contribution in [0.5, 0.6) is 5.75 Å². The van der Waals surface area contributed by atoms with Gasteiger partial charge in [0.05, 0.1) is 18.7 Å². The fourth-order valence-electron chi connectivity index (χ4n) is 5.97. The van der Waals surface area contributed by atoms with Gasteiger partial charge in [-0.2, -0.15) is 0 Å². The second kappa shape index (κ2) is 11.4. The van der Waals surface area contributed by atoms with Crippen molar-refractivity contribution in [2.45, 2.75) is 70.4 Å². The zero-order valence-corrected chi connectivity index (χ0v) is 20.7. The van der Waals surface area contributed by atoms with Crippen molar-refractivity contribution in [3.8, 4) is 5.75 Å². The average Bonchev–Trinajstić information content (AvgIpc) is 3.35. The molecule has 2 aliphatic rings. The maximum absolute atomic E-state index is 13.3. The third kappa shape index (κ3) is 5.95. The number of rotatable bonds is 8. The lowest BCUT2D eigenvalue weighted by Gasteiger charge is -2.37. The molecule has 186 valence electrons. The minimum atomic E-state index is -0.238. The molecule has 3 atom stereocenters. The highest BCUT2D eigenvalue weighted by atomic mass is 19.1. The summed E-state index contributed by atoms with van der Waals surface area (Å²) in [7, 11) is 0. The molecule has 1 aliphatic carbocycles. The molecule has 0 amide bonds. The number of benzene rings is 2. The van der Waals surface area contributed by atoms with Gasteiger partial charge in [0.25, 0.3) is 0 Å². The summed E-state index contributed by atoms with van der Waals surface area (Å²) in [6.07, 6.45) is 10.6. The molecule has 2 aromatic carbocycles. The Morgan fingerprint density at radius 3 is 2.54 bits per heavy atom.